The fraction of sp³-hybridized carbons (Fsp3) is 0.550. The van der Waals surface area contributed by atoms with Gasteiger partial charge in [-0.05, 0) is 39.4 Å². The predicted octanol–water partition coefficient (Wildman–Crippen LogP) is 1.74. The average Bonchev–Trinajstić information content (AvgIpc) is 3.19. The van der Waals surface area contributed by atoms with Crippen LogP contribution in [0.15, 0.2) is 30.7 Å². The van der Waals surface area contributed by atoms with E-state index in [0.717, 1.165) is 24.2 Å². The van der Waals surface area contributed by atoms with E-state index in [4.69, 9.17) is 4.74 Å². The molecule has 146 valence electrons. The van der Waals surface area contributed by atoms with Gasteiger partial charge < -0.3 is 15.0 Å². The van der Waals surface area contributed by atoms with Crippen LogP contribution in [0.4, 0.5) is 0 Å². The van der Waals surface area contributed by atoms with Gasteiger partial charge in [-0.3, -0.25) is 9.48 Å². The number of rotatable bonds is 6. The molecule has 3 rings (SSSR count). The van der Waals surface area contributed by atoms with Crippen LogP contribution in [0.25, 0.3) is 0 Å². The maximum Gasteiger partial charge on any atom is 0.229 e. The van der Waals surface area contributed by atoms with Crippen molar-refractivity contribution in [1.82, 2.24) is 25.0 Å². The number of carbonyl (C=O) groups is 1. The number of likely N-dealkylation sites (N-methyl/N-ethyl adjacent to an activating group) is 1. The molecule has 3 heterocycles. The van der Waals surface area contributed by atoms with Crippen molar-refractivity contribution in [2.24, 2.45) is 12.5 Å². The zero-order valence-electron chi connectivity index (χ0n) is 16.8. The lowest BCUT2D eigenvalue weighted by molar-refractivity contribution is -0.131. The van der Waals surface area contributed by atoms with Crippen molar-refractivity contribution in [3.63, 3.8) is 0 Å². The highest BCUT2D eigenvalue weighted by Crippen LogP contribution is 2.28. The van der Waals surface area contributed by atoms with Gasteiger partial charge in [0.2, 0.25) is 11.8 Å². The standard InChI is InChI=1S/C20H29N5O2/c1-14-7-6-8-21-18(14)27-13-20(2,3)19(26)23-17-12-24(4)11-16(17)15-9-22-25(5)10-15/h6-10,16-17H,11-13H2,1-5H3,(H,23,26)/t16-,17+/m0/s1. The molecule has 1 aliphatic rings. The maximum absolute atomic E-state index is 13.0. The SMILES string of the molecule is Cc1cccnc1OCC(C)(C)C(=O)N[C@@H]1CN(C)C[C@H]1c1cnn(C)c1. The summed E-state index contributed by atoms with van der Waals surface area (Å²) in [5.74, 6) is 0.805. The van der Waals surface area contributed by atoms with Crippen molar-refractivity contribution >= 4 is 5.91 Å². The third-order valence-electron chi connectivity index (χ3n) is 5.12. The van der Waals surface area contributed by atoms with E-state index < -0.39 is 5.41 Å². The van der Waals surface area contributed by atoms with Crippen LogP contribution in [-0.4, -0.2) is 58.4 Å². The Labute approximate surface area is 160 Å². The van der Waals surface area contributed by atoms with E-state index in [9.17, 15) is 4.79 Å². The largest absolute Gasteiger partial charge is 0.476 e. The smallest absolute Gasteiger partial charge is 0.229 e. The van der Waals surface area contributed by atoms with Gasteiger partial charge in [0.25, 0.3) is 0 Å². The van der Waals surface area contributed by atoms with Crippen molar-refractivity contribution in [3.8, 4) is 5.88 Å². The summed E-state index contributed by atoms with van der Waals surface area (Å²) in [6.07, 6.45) is 5.62. The van der Waals surface area contributed by atoms with Crippen molar-refractivity contribution in [2.75, 3.05) is 26.7 Å². The molecule has 2 aromatic heterocycles. The molecule has 1 saturated heterocycles. The summed E-state index contributed by atoms with van der Waals surface area (Å²) in [6.45, 7) is 7.75. The molecule has 1 amide bonds. The normalized spacial score (nSPS) is 20.6. The van der Waals surface area contributed by atoms with Gasteiger partial charge in [-0.1, -0.05) is 6.07 Å². The Kier molecular flexibility index (Phi) is 5.51. The van der Waals surface area contributed by atoms with Crippen molar-refractivity contribution < 1.29 is 9.53 Å². The van der Waals surface area contributed by atoms with Gasteiger partial charge >= 0.3 is 0 Å². The molecule has 1 aliphatic heterocycles. The molecule has 7 nitrogen and oxygen atoms in total. The molecule has 2 atom stereocenters. The van der Waals surface area contributed by atoms with Gasteiger partial charge in [-0.25, -0.2) is 4.98 Å². The lowest BCUT2D eigenvalue weighted by Crippen LogP contribution is -2.47. The van der Waals surface area contributed by atoms with Crippen LogP contribution in [-0.2, 0) is 11.8 Å². The number of nitrogens with one attached hydrogen (secondary N) is 1. The summed E-state index contributed by atoms with van der Waals surface area (Å²) in [7, 11) is 3.99. The number of likely N-dealkylation sites (tertiary alicyclic amines) is 1. The van der Waals surface area contributed by atoms with Gasteiger partial charge in [0.1, 0.15) is 6.61 Å². The summed E-state index contributed by atoms with van der Waals surface area (Å²) in [4.78, 5) is 19.4. The molecule has 2 aromatic rings. The van der Waals surface area contributed by atoms with Crippen molar-refractivity contribution in [1.29, 1.82) is 0 Å². The molecule has 0 bridgehead atoms. The summed E-state index contributed by atoms with van der Waals surface area (Å²) in [5, 5.41) is 7.52. The van der Waals surface area contributed by atoms with Crippen molar-refractivity contribution in [2.45, 2.75) is 32.7 Å². The van der Waals surface area contributed by atoms with E-state index in [1.165, 1.54) is 0 Å². The fourth-order valence-electron chi connectivity index (χ4n) is 3.42. The number of aryl methyl sites for hydroxylation is 2. The lowest BCUT2D eigenvalue weighted by atomic mass is 9.91. The second-order valence-electron chi connectivity index (χ2n) is 8.15. The average molecular weight is 371 g/mol. The molecule has 0 aromatic carbocycles. The molecular weight excluding hydrogens is 342 g/mol. The second-order valence-corrected chi connectivity index (χ2v) is 8.15. The van der Waals surface area contributed by atoms with Gasteiger partial charge in [0, 0.05) is 50.1 Å². The van der Waals surface area contributed by atoms with Gasteiger partial charge in [0.05, 0.1) is 11.6 Å². The topological polar surface area (TPSA) is 72.3 Å². The van der Waals surface area contributed by atoms with E-state index in [1.54, 1.807) is 10.9 Å². The minimum Gasteiger partial charge on any atom is -0.476 e. The Hall–Kier alpha value is -2.41. The molecule has 0 radical (unpaired) electrons. The first-order chi connectivity index (χ1) is 12.8. The first-order valence-electron chi connectivity index (χ1n) is 9.29. The molecule has 0 aliphatic carbocycles. The monoisotopic (exact) mass is 371 g/mol. The fourth-order valence-corrected chi connectivity index (χ4v) is 3.42. The summed E-state index contributed by atoms with van der Waals surface area (Å²) < 4.78 is 7.63. The molecule has 1 N–H and O–H groups in total. The number of hydrogen-bond donors (Lipinski definition) is 1. The van der Waals surface area contributed by atoms with Gasteiger partial charge in [0.15, 0.2) is 0 Å². The minimum atomic E-state index is -0.662. The Bertz CT molecular complexity index is 801. The number of nitrogens with zero attached hydrogens (tertiary/aromatic N) is 4. The zero-order chi connectivity index (χ0) is 19.6. The van der Waals surface area contributed by atoms with Crippen LogP contribution in [0.3, 0.4) is 0 Å². The van der Waals surface area contributed by atoms with Crippen molar-refractivity contribution in [3.05, 3.63) is 41.9 Å². The number of pyridine rings is 1. The Balaban J connectivity index is 1.64. The highest BCUT2D eigenvalue weighted by atomic mass is 16.5. The predicted molar refractivity (Wildman–Crippen MR) is 104 cm³/mol. The van der Waals surface area contributed by atoms with E-state index in [0.29, 0.717) is 5.88 Å². The first-order valence-corrected chi connectivity index (χ1v) is 9.29. The highest BCUT2D eigenvalue weighted by molar-refractivity contribution is 5.82. The summed E-state index contributed by atoms with van der Waals surface area (Å²) in [6, 6.07) is 3.87. The van der Waals surface area contributed by atoms with Gasteiger partial charge in [-0.15, -0.1) is 0 Å². The molecule has 27 heavy (non-hydrogen) atoms. The van der Waals surface area contributed by atoms with Crippen LogP contribution in [0.1, 0.15) is 30.9 Å². The number of carbonyl (C=O) groups excluding carboxylic acids is 1. The first kappa shape index (κ1) is 19.4. The third kappa shape index (κ3) is 4.47. The quantitative estimate of drug-likeness (QED) is 0.837. The Morgan fingerprint density at radius 3 is 2.81 bits per heavy atom. The Morgan fingerprint density at radius 1 is 1.37 bits per heavy atom. The molecule has 0 unspecified atom stereocenters. The molecule has 1 fully saturated rings. The number of ether oxygens (including phenoxy) is 1. The van der Waals surface area contributed by atoms with E-state index in [1.807, 2.05) is 52.3 Å². The highest BCUT2D eigenvalue weighted by Gasteiger charge is 2.37. The number of aromatic nitrogens is 3. The zero-order valence-corrected chi connectivity index (χ0v) is 16.8. The van der Waals surface area contributed by atoms with Crippen LogP contribution in [0.5, 0.6) is 5.88 Å². The van der Waals surface area contributed by atoms with E-state index in [2.05, 4.69) is 27.3 Å². The van der Waals surface area contributed by atoms with E-state index in [-0.39, 0.29) is 24.5 Å². The maximum atomic E-state index is 13.0. The number of amides is 1. The van der Waals surface area contributed by atoms with Crippen LogP contribution in [0, 0.1) is 12.3 Å². The summed E-state index contributed by atoms with van der Waals surface area (Å²) in [5.41, 5.74) is 1.46. The molecule has 7 heteroatoms. The molecule has 0 saturated carbocycles. The van der Waals surface area contributed by atoms with E-state index >= 15 is 0 Å². The number of hydrogen-bond acceptors (Lipinski definition) is 5. The Morgan fingerprint density at radius 2 is 2.15 bits per heavy atom. The third-order valence-corrected chi connectivity index (χ3v) is 5.12. The van der Waals surface area contributed by atoms with Crippen LogP contribution in [0.2, 0.25) is 0 Å². The lowest BCUT2D eigenvalue weighted by Gasteiger charge is -2.27. The summed E-state index contributed by atoms with van der Waals surface area (Å²) >= 11 is 0. The molecule has 0 spiro atoms. The van der Waals surface area contributed by atoms with Crippen LogP contribution >= 0.6 is 0 Å². The second kappa shape index (κ2) is 7.68. The minimum absolute atomic E-state index is 0.00901. The molecular formula is C20H29N5O2. The van der Waals surface area contributed by atoms with Crippen LogP contribution < -0.4 is 10.1 Å². The van der Waals surface area contributed by atoms with Gasteiger partial charge in [-0.2, -0.15) is 5.10 Å².